The first-order valence-electron chi connectivity index (χ1n) is 6.32. The average molecular weight is 270 g/mol. The van der Waals surface area contributed by atoms with E-state index in [1.807, 2.05) is 32.9 Å². The van der Waals surface area contributed by atoms with Crippen LogP contribution < -0.4 is 5.63 Å². The van der Waals surface area contributed by atoms with Crippen molar-refractivity contribution in [1.82, 2.24) is 20.2 Å². The first-order valence-corrected chi connectivity index (χ1v) is 6.32. The van der Waals surface area contributed by atoms with E-state index < -0.39 is 0 Å². The molecule has 0 saturated heterocycles. The number of rotatable bonds is 2. The Kier molecular flexibility index (Phi) is 2.85. The molecule has 6 heteroatoms. The summed E-state index contributed by atoms with van der Waals surface area (Å²) in [7, 11) is 0. The Morgan fingerprint density at radius 1 is 1.25 bits per heavy atom. The van der Waals surface area contributed by atoms with Crippen LogP contribution in [-0.4, -0.2) is 20.2 Å². The highest BCUT2D eigenvalue weighted by Crippen LogP contribution is 2.23. The van der Waals surface area contributed by atoms with Crippen molar-refractivity contribution in [3.8, 4) is 0 Å². The fraction of sp³-hybridized carbons (Fsp3) is 0.286. The molecular weight excluding hydrogens is 256 g/mol. The Labute approximate surface area is 115 Å². The highest BCUT2D eigenvalue weighted by molar-refractivity contribution is 5.83. The highest BCUT2D eigenvalue weighted by Gasteiger charge is 2.11. The van der Waals surface area contributed by atoms with Gasteiger partial charge in [-0.25, -0.2) is 9.48 Å². The fourth-order valence-corrected chi connectivity index (χ4v) is 2.21. The Hall–Kier alpha value is -2.50. The van der Waals surface area contributed by atoms with Gasteiger partial charge in [0.15, 0.2) is 0 Å². The second-order valence-corrected chi connectivity index (χ2v) is 4.86. The van der Waals surface area contributed by atoms with Crippen molar-refractivity contribution < 1.29 is 4.42 Å². The molecule has 0 unspecified atom stereocenters. The lowest BCUT2D eigenvalue weighted by Crippen LogP contribution is -2.09. The zero-order chi connectivity index (χ0) is 14.3. The van der Waals surface area contributed by atoms with Crippen molar-refractivity contribution in [1.29, 1.82) is 0 Å². The molecule has 0 aliphatic heterocycles. The normalized spacial score (nSPS) is 11.2. The lowest BCUT2D eigenvalue weighted by Gasteiger charge is -2.09. The van der Waals surface area contributed by atoms with Crippen molar-refractivity contribution >= 4 is 11.0 Å². The minimum absolute atomic E-state index is 0.355. The number of aromatic nitrogens is 4. The van der Waals surface area contributed by atoms with Crippen LogP contribution in [-0.2, 0) is 6.54 Å². The number of nitrogens with zero attached hydrogens (tertiary/aromatic N) is 4. The summed E-state index contributed by atoms with van der Waals surface area (Å²) in [4.78, 5) is 11.8. The van der Waals surface area contributed by atoms with Gasteiger partial charge < -0.3 is 4.42 Å². The summed E-state index contributed by atoms with van der Waals surface area (Å²) in [5.41, 5.74) is 3.21. The van der Waals surface area contributed by atoms with Crippen molar-refractivity contribution in [2.24, 2.45) is 0 Å². The van der Waals surface area contributed by atoms with E-state index in [0.717, 1.165) is 22.1 Å². The third kappa shape index (κ3) is 1.99. The van der Waals surface area contributed by atoms with E-state index >= 15 is 0 Å². The third-order valence-electron chi connectivity index (χ3n) is 3.55. The molecule has 0 amide bonds. The Morgan fingerprint density at radius 2 is 2.05 bits per heavy atom. The van der Waals surface area contributed by atoms with Crippen LogP contribution in [0.5, 0.6) is 0 Å². The number of hydrogen-bond acceptors (Lipinski definition) is 5. The van der Waals surface area contributed by atoms with E-state index in [1.54, 1.807) is 4.68 Å². The van der Waals surface area contributed by atoms with Gasteiger partial charge in [-0.2, -0.15) is 0 Å². The molecule has 0 bridgehead atoms. The van der Waals surface area contributed by atoms with Crippen LogP contribution in [0.3, 0.4) is 0 Å². The molecule has 3 rings (SSSR count). The van der Waals surface area contributed by atoms with Crippen LogP contribution in [0, 0.1) is 20.8 Å². The molecule has 0 spiro atoms. The standard InChI is InChI=1S/C14H14N4O2/c1-8-4-5-12-11(7-18-10(3)15-16-17-18)6-13(19)20-14(12)9(8)2/h4-6H,7H2,1-3H3. The number of fused-ring (bicyclic) bond motifs is 1. The van der Waals surface area contributed by atoms with Gasteiger partial charge in [0.1, 0.15) is 11.4 Å². The van der Waals surface area contributed by atoms with Gasteiger partial charge >= 0.3 is 5.63 Å². The van der Waals surface area contributed by atoms with Crippen LogP contribution in [0.4, 0.5) is 0 Å². The average Bonchev–Trinajstić information content (AvgIpc) is 2.80. The summed E-state index contributed by atoms with van der Waals surface area (Å²) in [6.45, 7) is 6.21. The smallest absolute Gasteiger partial charge is 0.336 e. The summed E-state index contributed by atoms with van der Waals surface area (Å²) < 4.78 is 7.00. The summed E-state index contributed by atoms with van der Waals surface area (Å²) in [5, 5.41) is 12.3. The van der Waals surface area contributed by atoms with Gasteiger partial charge in [0.25, 0.3) is 0 Å². The largest absolute Gasteiger partial charge is 0.422 e. The molecule has 3 aromatic rings. The van der Waals surface area contributed by atoms with Crippen molar-refractivity contribution in [2.45, 2.75) is 27.3 Å². The molecule has 0 aliphatic carbocycles. The Morgan fingerprint density at radius 3 is 2.75 bits per heavy atom. The van der Waals surface area contributed by atoms with Gasteiger partial charge in [-0.1, -0.05) is 12.1 Å². The number of tetrazole rings is 1. The SMILES string of the molecule is Cc1ccc2c(Cn3nnnc3C)cc(=O)oc2c1C. The molecule has 0 atom stereocenters. The number of benzene rings is 1. The van der Waals surface area contributed by atoms with Crippen molar-refractivity contribution in [3.63, 3.8) is 0 Å². The summed E-state index contributed by atoms with van der Waals surface area (Å²) in [6, 6.07) is 5.49. The molecular formula is C14H14N4O2. The molecule has 0 radical (unpaired) electrons. The maximum absolute atomic E-state index is 11.8. The Balaban J connectivity index is 2.23. The minimum atomic E-state index is -0.355. The van der Waals surface area contributed by atoms with Crippen molar-refractivity contribution in [2.75, 3.05) is 0 Å². The maximum Gasteiger partial charge on any atom is 0.336 e. The third-order valence-corrected chi connectivity index (χ3v) is 3.55. The maximum atomic E-state index is 11.8. The van der Waals surface area contributed by atoms with Crippen LogP contribution in [0.25, 0.3) is 11.0 Å². The van der Waals surface area contributed by atoms with Crippen LogP contribution >= 0.6 is 0 Å². The van der Waals surface area contributed by atoms with E-state index in [1.165, 1.54) is 6.07 Å². The monoisotopic (exact) mass is 270 g/mol. The van der Waals surface area contributed by atoms with Gasteiger partial charge in [-0.05, 0) is 47.9 Å². The molecule has 0 aliphatic rings. The summed E-state index contributed by atoms with van der Waals surface area (Å²) >= 11 is 0. The first-order chi connectivity index (χ1) is 9.56. The van der Waals surface area contributed by atoms with Crippen molar-refractivity contribution in [3.05, 3.63) is 51.1 Å². The quantitative estimate of drug-likeness (QED) is 0.663. The molecule has 20 heavy (non-hydrogen) atoms. The van der Waals surface area contributed by atoms with E-state index in [9.17, 15) is 4.79 Å². The lowest BCUT2D eigenvalue weighted by molar-refractivity contribution is 0.552. The van der Waals surface area contributed by atoms with E-state index in [2.05, 4.69) is 15.5 Å². The van der Waals surface area contributed by atoms with Crippen LogP contribution in [0.2, 0.25) is 0 Å². The highest BCUT2D eigenvalue weighted by atomic mass is 16.4. The van der Waals surface area contributed by atoms with Gasteiger partial charge in [-0.3, -0.25) is 0 Å². The minimum Gasteiger partial charge on any atom is -0.422 e. The molecule has 0 saturated carbocycles. The lowest BCUT2D eigenvalue weighted by atomic mass is 10.0. The van der Waals surface area contributed by atoms with E-state index in [4.69, 9.17) is 4.42 Å². The van der Waals surface area contributed by atoms with Gasteiger partial charge in [0, 0.05) is 11.5 Å². The molecule has 1 aromatic carbocycles. The van der Waals surface area contributed by atoms with Gasteiger partial charge in [0.05, 0.1) is 6.54 Å². The summed E-state index contributed by atoms with van der Waals surface area (Å²) in [6.07, 6.45) is 0. The van der Waals surface area contributed by atoms with E-state index in [0.29, 0.717) is 18.0 Å². The van der Waals surface area contributed by atoms with Gasteiger partial charge in [-0.15, -0.1) is 5.10 Å². The first kappa shape index (κ1) is 12.5. The van der Waals surface area contributed by atoms with Gasteiger partial charge in [0.2, 0.25) is 0 Å². The zero-order valence-electron chi connectivity index (χ0n) is 11.5. The molecule has 2 aromatic heterocycles. The summed E-state index contributed by atoms with van der Waals surface area (Å²) in [5.74, 6) is 0.704. The molecule has 0 fully saturated rings. The second kappa shape index (κ2) is 4.56. The second-order valence-electron chi connectivity index (χ2n) is 4.86. The fourth-order valence-electron chi connectivity index (χ4n) is 2.21. The predicted octanol–water partition coefficient (Wildman–Crippen LogP) is 1.75. The zero-order valence-corrected chi connectivity index (χ0v) is 11.5. The van der Waals surface area contributed by atoms with E-state index in [-0.39, 0.29) is 5.63 Å². The topological polar surface area (TPSA) is 73.8 Å². The number of hydrogen-bond donors (Lipinski definition) is 0. The number of aryl methyl sites for hydroxylation is 3. The van der Waals surface area contributed by atoms with Crippen LogP contribution in [0.15, 0.2) is 27.4 Å². The Bertz CT molecular complexity index is 848. The predicted molar refractivity (Wildman–Crippen MR) is 73.6 cm³/mol. The molecule has 6 nitrogen and oxygen atoms in total. The molecule has 2 heterocycles. The molecule has 0 N–H and O–H groups in total. The van der Waals surface area contributed by atoms with Crippen LogP contribution in [0.1, 0.15) is 22.5 Å². The molecule has 102 valence electrons.